The van der Waals surface area contributed by atoms with Crippen LogP contribution in [0.4, 0.5) is 5.69 Å². The topological polar surface area (TPSA) is 49.8 Å². The second-order valence-electron chi connectivity index (χ2n) is 3.03. The van der Waals surface area contributed by atoms with Crippen LogP contribution < -0.4 is 5.73 Å². The fourth-order valence-corrected chi connectivity index (χ4v) is 1.87. The molecule has 0 radical (unpaired) electrons. The van der Waals surface area contributed by atoms with Gasteiger partial charge in [0.25, 0.3) is 0 Å². The molecule has 0 heterocycles. The van der Waals surface area contributed by atoms with Crippen molar-refractivity contribution < 1.29 is 0 Å². The molecule has 2 N–H and O–H groups in total. The molecule has 0 aliphatic heterocycles. The molecule has 0 saturated heterocycles. The maximum Gasteiger partial charge on any atom is 0.0992 e. The number of benzene rings is 1. The summed E-state index contributed by atoms with van der Waals surface area (Å²) in [4.78, 5) is 0.994. The number of nitrogens with two attached hydrogens (primary N) is 1. The maximum absolute atomic E-state index is 8.69. The third-order valence-corrected chi connectivity index (χ3v) is 2.58. The number of nitrogen functional groups attached to an aromatic ring is 1. The van der Waals surface area contributed by atoms with E-state index in [1.54, 1.807) is 23.9 Å². The van der Waals surface area contributed by atoms with E-state index >= 15 is 0 Å². The molecule has 1 aromatic rings. The van der Waals surface area contributed by atoms with Gasteiger partial charge in [0.15, 0.2) is 0 Å². The molecular formula is C10H12N2S. The van der Waals surface area contributed by atoms with Gasteiger partial charge in [-0.2, -0.15) is 5.26 Å². The Hall–Kier alpha value is -1.14. The lowest BCUT2D eigenvalue weighted by Gasteiger charge is -2.07. The Bertz CT molecular complexity index is 339. The standard InChI is InChI=1S/C10H12N2S/c1-7(2)13-10-5-8(6-11)3-4-9(10)12/h3-5,7H,12H2,1-2H3. The van der Waals surface area contributed by atoms with E-state index in [-0.39, 0.29) is 0 Å². The van der Waals surface area contributed by atoms with Crippen LogP contribution in [0.3, 0.4) is 0 Å². The van der Waals surface area contributed by atoms with Crippen molar-refractivity contribution in [2.45, 2.75) is 24.0 Å². The Labute approximate surface area is 82.7 Å². The number of nitrogens with zero attached hydrogens (tertiary/aromatic N) is 1. The van der Waals surface area contributed by atoms with E-state index in [4.69, 9.17) is 11.0 Å². The lowest BCUT2D eigenvalue weighted by molar-refractivity contribution is 1.11. The summed E-state index contributed by atoms with van der Waals surface area (Å²) in [5.41, 5.74) is 7.17. The number of thioether (sulfide) groups is 1. The highest BCUT2D eigenvalue weighted by molar-refractivity contribution is 8.00. The zero-order valence-corrected chi connectivity index (χ0v) is 8.56. The molecule has 13 heavy (non-hydrogen) atoms. The summed E-state index contributed by atoms with van der Waals surface area (Å²) in [5, 5.41) is 9.17. The highest BCUT2D eigenvalue weighted by Crippen LogP contribution is 2.29. The van der Waals surface area contributed by atoms with Crippen LogP contribution in [0.25, 0.3) is 0 Å². The molecule has 0 aromatic heterocycles. The molecule has 1 rings (SSSR count). The van der Waals surface area contributed by atoms with Crippen molar-refractivity contribution in [1.82, 2.24) is 0 Å². The van der Waals surface area contributed by atoms with Crippen molar-refractivity contribution in [3.63, 3.8) is 0 Å². The Morgan fingerprint density at radius 2 is 2.15 bits per heavy atom. The lowest BCUT2D eigenvalue weighted by atomic mass is 10.2. The van der Waals surface area contributed by atoms with Gasteiger partial charge in [-0.1, -0.05) is 13.8 Å². The van der Waals surface area contributed by atoms with Gasteiger partial charge >= 0.3 is 0 Å². The summed E-state index contributed by atoms with van der Waals surface area (Å²) in [6, 6.07) is 7.45. The Morgan fingerprint density at radius 3 is 2.69 bits per heavy atom. The third kappa shape index (κ3) is 2.67. The third-order valence-electron chi connectivity index (χ3n) is 1.51. The molecule has 2 nitrogen and oxygen atoms in total. The fourth-order valence-electron chi connectivity index (χ4n) is 0.960. The zero-order valence-electron chi connectivity index (χ0n) is 7.74. The zero-order chi connectivity index (χ0) is 9.84. The van der Waals surface area contributed by atoms with Gasteiger partial charge in [-0.05, 0) is 18.2 Å². The van der Waals surface area contributed by atoms with Crippen LogP contribution in [0.5, 0.6) is 0 Å². The second kappa shape index (κ2) is 4.20. The van der Waals surface area contributed by atoms with E-state index in [1.807, 2.05) is 6.07 Å². The molecule has 0 aliphatic carbocycles. The minimum atomic E-state index is 0.483. The van der Waals surface area contributed by atoms with Gasteiger partial charge in [0.1, 0.15) is 0 Å². The van der Waals surface area contributed by atoms with Crippen molar-refractivity contribution in [3.05, 3.63) is 23.8 Å². The molecule has 0 saturated carbocycles. The number of hydrogen-bond donors (Lipinski definition) is 1. The number of rotatable bonds is 2. The summed E-state index contributed by atoms with van der Waals surface area (Å²) < 4.78 is 0. The van der Waals surface area contributed by atoms with Gasteiger partial charge in [0.05, 0.1) is 11.6 Å². The number of nitriles is 1. The molecule has 0 spiro atoms. The molecule has 1 aromatic carbocycles. The smallest absolute Gasteiger partial charge is 0.0992 e. The van der Waals surface area contributed by atoms with Gasteiger partial charge in [-0.25, -0.2) is 0 Å². The summed E-state index contributed by atoms with van der Waals surface area (Å²) in [7, 11) is 0. The SMILES string of the molecule is CC(C)Sc1cc(C#N)ccc1N. The highest BCUT2D eigenvalue weighted by atomic mass is 32.2. The normalized spacial score (nSPS) is 10.0. The van der Waals surface area contributed by atoms with Crippen molar-refractivity contribution in [1.29, 1.82) is 5.26 Å². The molecule has 68 valence electrons. The van der Waals surface area contributed by atoms with Gasteiger partial charge < -0.3 is 5.73 Å². The molecule has 0 amide bonds. The van der Waals surface area contributed by atoms with Crippen LogP contribution in [0, 0.1) is 11.3 Å². The van der Waals surface area contributed by atoms with Crippen molar-refractivity contribution in [2.75, 3.05) is 5.73 Å². The Morgan fingerprint density at radius 1 is 1.46 bits per heavy atom. The van der Waals surface area contributed by atoms with Gasteiger partial charge in [0.2, 0.25) is 0 Å². The predicted octanol–water partition coefficient (Wildman–Crippen LogP) is 2.64. The summed E-state index contributed by atoms with van der Waals surface area (Å²) in [6.45, 7) is 4.20. The van der Waals surface area contributed by atoms with Gasteiger partial charge in [-0.3, -0.25) is 0 Å². The van der Waals surface area contributed by atoms with Crippen molar-refractivity contribution in [2.24, 2.45) is 0 Å². The molecule has 3 heteroatoms. The largest absolute Gasteiger partial charge is 0.398 e. The van der Waals surface area contributed by atoms with E-state index < -0.39 is 0 Å². The van der Waals surface area contributed by atoms with Crippen molar-refractivity contribution in [3.8, 4) is 6.07 Å². The minimum absolute atomic E-state index is 0.483. The summed E-state index contributed by atoms with van der Waals surface area (Å²) in [6.07, 6.45) is 0. The first-order valence-corrected chi connectivity index (χ1v) is 4.97. The highest BCUT2D eigenvalue weighted by Gasteiger charge is 2.03. The summed E-state index contributed by atoms with van der Waals surface area (Å²) in [5.74, 6) is 0. The molecule has 0 atom stereocenters. The van der Waals surface area contributed by atoms with Crippen LogP contribution in [-0.2, 0) is 0 Å². The van der Waals surface area contributed by atoms with Crippen LogP contribution in [0.1, 0.15) is 19.4 Å². The molecule has 0 bridgehead atoms. The lowest BCUT2D eigenvalue weighted by Crippen LogP contribution is -1.93. The average Bonchev–Trinajstić information content (AvgIpc) is 2.08. The molecule has 0 aliphatic rings. The first-order valence-electron chi connectivity index (χ1n) is 4.09. The van der Waals surface area contributed by atoms with E-state index in [2.05, 4.69) is 19.9 Å². The van der Waals surface area contributed by atoms with Gasteiger partial charge in [0, 0.05) is 15.8 Å². The van der Waals surface area contributed by atoms with Crippen LogP contribution >= 0.6 is 11.8 Å². The van der Waals surface area contributed by atoms with E-state index in [1.165, 1.54) is 0 Å². The van der Waals surface area contributed by atoms with Crippen LogP contribution in [0.15, 0.2) is 23.1 Å². The maximum atomic E-state index is 8.69. The van der Waals surface area contributed by atoms with Crippen molar-refractivity contribution >= 4 is 17.4 Å². The first kappa shape index (κ1) is 9.94. The second-order valence-corrected chi connectivity index (χ2v) is 4.65. The van der Waals surface area contributed by atoms with Crippen LogP contribution in [0.2, 0.25) is 0 Å². The molecule has 0 unspecified atom stereocenters. The Balaban J connectivity index is 2.99. The predicted molar refractivity (Wildman–Crippen MR) is 56.6 cm³/mol. The fraction of sp³-hybridized carbons (Fsp3) is 0.300. The van der Waals surface area contributed by atoms with E-state index in [0.29, 0.717) is 10.8 Å². The molecular weight excluding hydrogens is 180 g/mol. The number of hydrogen-bond acceptors (Lipinski definition) is 3. The minimum Gasteiger partial charge on any atom is -0.398 e. The monoisotopic (exact) mass is 192 g/mol. The number of anilines is 1. The Kier molecular flexibility index (Phi) is 3.21. The first-order chi connectivity index (χ1) is 6.13. The average molecular weight is 192 g/mol. The van der Waals surface area contributed by atoms with E-state index in [0.717, 1.165) is 10.6 Å². The molecule has 0 fully saturated rings. The van der Waals surface area contributed by atoms with Gasteiger partial charge in [-0.15, -0.1) is 11.8 Å². The van der Waals surface area contributed by atoms with E-state index in [9.17, 15) is 0 Å². The van der Waals surface area contributed by atoms with Crippen LogP contribution in [-0.4, -0.2) is 5.25 Å². The summed E-state index contributed by atoms with van der Waals surface area (Å²) >= 11 is 1.68. The quantitative estimate of drug-likeness (QED) is 0.579.